The Hall–Kier alpha value is 0.320. The van der Waals surface area contributed by atoms with Crippen LogP contribution in [0.2, 0.25) is 0 Å². The molecule has 0 heterocycles. The average Bonchev–Trinajstić information content (AvgIpc) is 1.53. The Balaban J connectivity index is 0. The van der Waals surface area contributed by atoms with Crippen LogP contribution in [0.1, 0.15) is 0 Å². The van der Waals surface area contributed by atoms with Crippen molar-refractivity contribution in [3.63, 3.8) is 0 Å². The molecule has 0 amide bonds. The van der Waals surface area contributed by atoms with E-state index >= 15 is 0 Å². The molecule has 9 nitrogen and oxygen atoms in total. The van der Waals surface area contributed by atoms with Gasteiger partial charge in [-0.1, -0.05) is 0 Å². The van der Waals surface area contributed by atoms with E-state index in [1.54, 1.807) is 0 Å². The Morgan fingerprint density at radius 2 is 1.17 bits per heavy atom. The van der Waals surface area contributed by atoms with Crippen molar-refractivity contribution in [3.05, 3.63) is 0 Å². The van der Waals surface area contributed by atoms with E-state index in [-0.39, 0.29) is 0 Å². The SMILES string of the molecule is O=P(O)(O)OP(=O)(O)O.O=PO. The molecule has 0 radical (unpaired) electrons. The first-order chi connectivity index (χ1) is 5.12. The number of hydrogen-bond acceptors (Lipinski definition) is 4. The summed E-state index contributed by atoms with van der Waals surface area (Å²) in [6.07, 6.45) is 0. The van der Waals surface area contributed by atoms with Crippen LogP contribution in [-0.2, 0) is 18.0 Å². The van der Waals surface area contributed by atoms with Gasteiger partial charge >= 0.3 is 24.3 Å². The lowest BCUT2D eigenvalue weighted by Gasteiger charge is -2.03. The van der Waals surface area contributed by atoms with Crippen molar-refractivity contribution in [1.82, 2.24) is 0 Å². The molecule has 0 saturated carbocycles. The quantitative estimate of drug-likeness (QED) is 0.397. The summed E-state index contributed by atoms with van der Waals surface area (Å²) in [5, 5.41) is 0. The largest absolute Gasteiger partial charge is 0.478 e. The third-order valence-electron chi connectivity index (χ3n) is 0.213. The zero-order valence-electron chi connectivity index (χ0n) is 5.21. The summed E-state index contributed by atoms with van der Waals surface area (Å²) in [6.45, 7) is 0. The molecule has 0 aromatic rings. The second-order valence-corrected chi connectivity index (χ2v) is 3.92. The van der Waals surface area contributed by atoms with Gasteiger partial charge in [-0.2, -0.15) is 4.31 Å². The standard InChI is InChI=1S/H4O7P2.HO2P/c1-8(2,3)7-9(4,5)6;1-3-2/h(H2,1,2,3)(H2,4,5,6);(H,1,2). The Bertz CT molecular complexity index is 184. The molecule has 12 heteroatoms. The number of phosphoric acid groups is 2. The first kappa shape index (κ1) is 14.8. The van der Waals surface area contributed by atoms with Crippen molar-refractivity contribution < 1.29 is 42.5 Å². The van der Waals surface area contributed by atoms with Crippen molar-refractivity contribution >= 4 is 24.3 Å². The van der Waals surface area contributed by atoms with Crippen molar-refractivity contribution in [2.24, 2.45) is 0 Å². The zero-order chi connectivity index (χ0) is 10.4. The van der Waals surface area contributed by atoms with Crippen LogP contribution in [-0.4, -0.2) is 24.5 Å². The third kappa shape index (κ3) is 22.4. The molecule has 0 bridgehead atoms. The minimum absolute atomic E-state index is 0.833. The van der Waals surface area contributed by atoms with Crippen LogP contribution in [0.15, 0.2) is 0 Å². The van der Waals surface area contributed by atoms with Crippen LogP contribution in [0, 0.1) is 0 Å². The van der Waals surface area contributed by atoms with Gasteiger partial charge in [-0.05, 0) is 0 Å². The normalized spacial score (nSPS) is 12.1. The van der Waals surface area contributed by atoms with Crippen LogP contribution in [0.5, 0.6) is 0 Å². The van der Waals surface area contributed by atoms with Crippen molar-refractivity contribution in [2.75, 3.05) is 0 Å². The van der Waals surface area contributed by atoms with E-state index in [0.29, 0.717) is 0 Å². The molecule has 0 spiro atoms. The molecule has 0 atom stereocenters. The molecule has 0 aromatic carbocycles. The van der Waals surface area contributed by atoms with E-state index in [4.69, 9.17) is 29.0 Å². The Kier molecular flexibility index (Phi) is 7.26. The summed E-state index contributed by atoms with van der Waals surface area (Å²) < 4.78 is 30.7. The predicted molar refractivity (Wildman–Crippen MR) is 35.0 cm³/mol. The van der Waals surface area contributed by atoms with Gasteiger partial charge < -0.3 is 24.5 Å². The smallest absolute Gasteiger partial charge is 0.310 e. The maximum Gasteiger partial charge on any atom is 0.478 e. The summed E-state index contributed by atoms with van der Waals surface area (Å²) in [4.78, 5) is 38.0. The summed E-state index contributed by atoms with van der Waals surface area (Å²) in [6, 6.07) is 0. The molecule has 0 aliphatic carbocycles. The lowest BCUT2D eigenvalue weighted by Crippen LogP contribution is -1.84. The van der Waals surface area contributed by atoms with Crippen molar-refractivity contribution in [2.45, 2.75) is 0 Å². The van der Waals surface area contributed by atoms with Crippen molar-refractivity contribution in [3.8, 4) is 0 Å². The van der Waals surface area contributed by atoms with Gasteiger partial charge in [-0.25, -0.2) is 13.7 Å². The average molecular weight is 242 g/mol. The Labute approximate surface area is 67.8 Å². The molecule has 0 saturated heterocycles. The lowest BCUT2D eigenvalue weighted by molar-refractivity contribution is 0.225. The maximum atomic E-state index is 9.63. The summed E-state index contributed by atoms with van der Waals surface area (Å²) >= 11 is 0. The van der Waals surface area contributed by atoms with Crippen LogP contribution in [0.4, 0.5) is 0 Å². The fraction of sp³-hybridized carbons (Fsp3) is 0. The monoisotopic (exact) mass is 242 g/mol. The highest BCUT2D eigenvalue weighted by Gasteiger charge is 2.27. The molecule has 0 unspecified atom stereocenters. The topological polar surface area (TPSA) is 162 Å². The molecule has 0 aliphatic heterocycles. The molecule has 0 aromatic heterocycles. The Morgan fingerprint density at radius 1 is 1.00 bits per heavy atom. The highest BCUT2D eigenvalue weighted by atomic mass is 31.3. The third-order valence-corrected chi connectivity index (χ3v) is 1.91. The fourth-order valence-electron chi connectivity index (χ4n) is 0.139. The molecular formula is H5O9P3. The van der Waals surface area contributed by atoms with Gasteiger partial charge in [0.25, 0.3) is 0 Å². The van der Waals surface area contributed by atoms with E-state index < -0.39 is 24.3 Å². The van der Waals surface area contributed by atoms with Gasteiger partial charge in [0.1, 0.15) is 0 Å². The van der Waals surface area contributed by atoms with Gasteiger partial charge in [0, 0.05) is 0 Å². The maximum absolute atomic E-state index is 9.63. The van der Waals surface area contributed by atoms with Crippen LogP contribution in [0.3, 0.4) is 0 Å². The highest BCUT2D eigenvalue weighted by Crippen LogP contribution is 2.53. The fourth-order valence-corrected chi connectivity index (χ4v) is 1.25. The molecule has 74 valence electrons. The number of hydrogen-bond donors (Lipinski definition) is 5. The van der Waals surface area contributed by atoms with E-state index in [2.05, 4.69) is 4.31 Å². The van der Waals surface area contributed by atoms with E-state index in [0.717, 1.165) is 0 Å². The summed E-state index contributed by atoms with van der Waals surface area (Å²) in [5.41, 5.74) is 0. The molecule has 0 aliphatic rings. The minimum atomic E-state index is -5.05. The minimum Gasteiger partial charge on any atom is -0.310 e. The van der Waals surface area contributed by atoms with Gasteiger partial charge in [-0.15, -0.1) is 0 Å². The van der Waals surface area contributed by atoms with Gasteiger partial charge in [0.05, 0.1) is 0 Å². The highest BCUT2D eigenvalue weighted by molar-refractivity contribution is 7.60. The van der Waals surface area contributed by atoms with Crippen LogP contribution in [0.25, 0.3) is 0 Å². The van der Waals surface area contributed by atoms with Gasteiger partial charge in [0.15, 0.2) is 0 Å². The van der Waals surface area contributed by atoms with E-state index in [9.17, 15) is 9.13 Å². The lowest BCUT2D eigenvalue weighted by atomic mass is 15.7. The first-order valence-electron chi connectivity index (χ1n) is 1.91. The predicted octanol–water partition coefficient (Wildman–Crippen LogP) is -0.626. The zero-order valence-corrected chi connectivity index (χ0v) is 7.89. The second-order valence-electron chi connectivity index (χ2n) is 1.14. The van der Waals surface area contributed by atoms with Crippen molar-refractivity contribution in [1.29, 1.82) is 0 Å². The van der Waals surface area contributed by atoms with Crippen LogP contribution < -0.4 is 0 Å². The van der Waals surface area contributed by atoms with E-state index in [1.807, 2.05) is 0 Å². The number of rotatable bonds is 2. The summed E-state index contributed by atoms with van der Waals surface area (Å²) in [5.74, 6) is 0. The molecule has 12 heavy (non-hydrogen) atoms. The first-order valence-corrected chi connectivity index (χ1v) is 5.74. The van der Waals surface area contributed by atoms with Gasteiger partial charge in [0.2, 0.25) is 0 Å². The molecule has 0 fully saturated rings. The summed E-state index contributed by atoms with van der Waals surface area (Å²) in [7, 11) is -10.9. The Morgan fingerprint density at radius 3 is 1.17 bits per heavy atom. The molecule has 5 N–H and O–H groups in total. The van der Waals surface area contributed by atoms with Crippen LogP contribution >= 0.6 is 24.3 Å². The van der Waals surface area contributed by atoms with E-state index in [1.165, 1.54) is 0 Å². The molecular weight excluding hydrogens is 237 g/mol. The second kappa shape index (κ2) is 5.88. The molecule has 0 rings (SSSR count). The van der Waals surface area contributed by atoms with Gasteiger partial charge in [-0.3, -0.25) is 0 Å².